The summed E-state index contributed by atoms with van der Waals surface area (Å²) in [6.45, 7) is 6.00. The van der Waals surface area contributed by atoms with Crippen LogP contribution in [0.25, 0.3) is 0 Å². The molecule has 0 spiro atoms. The monoisotopic (exact) mass is 304 g/mol. The van der Waals surface area contributed by atoms with Crippen LogP contribution in [0.15, 0.2) is 42.5 Å². The second-order valence-corrected chi connectivity index (χ2v) is 5.72. The number of hydrogen-bond acceptors (Lipinski definition) is 3. The van der Waals surface area contributed by atoms with Crippen molar-refractivity contribution in [2.75, 3.05) is 0 Å². The topological polar surface area (TPSA) is 47.3 Å². The van der Waals surface area contributed by atoms with Crippen LogP contribution < -0.4 is 16.0 Å². The number of rotatable bonds is 5. The van der Waals surface area contributed by atoms with E-state index in [1.165, 1.54) is 0 Å². The van der Waals surface area contributed by atoms with Crippen LogP contribution in [-0.4, -0.2) is 6.10 Å². The number of para-hydroxylation sites is 1. The fourth-order valence-electron chi connectivity index (χ4n) is 2.29. The van der Waals surface area contributed by atoms with Crippen LogP contribution in [0.3, 0.4) is 0 Å². The third-order valence-electron chi connectivity index (χ3n) is 3.27. The lowest BCUT2D eigenvalue weighted by molar-refractivity contribution is 0.238. The molecular weight excluding hydrogens is 284 g/mol. The number of benzene rings is 2. The molecule has 3 N–H and O–H groups in total. The maximum absolute atomic E-state index is 6.10. The van der Waals surface area contributed by atoms with Crippen LogP contribution in [0.5, 0.6) is 5.75 Å². The van der Waals surface area contributed by atoms with Crippen molar-refractivity contribution < 1.29 is 4.74 Å². The fourth-order valence-corrected chi connectivity index (χ4v) is 2.41. The molecule has 112 valence electrons. The van der Waals surface area contributed by atoms with Crippen LogP contribution in [-0.2, 0) is 0 Å². The van der Waals surface area contributed by atoms with Crippen molar-refractivity contribution in [3.63, 3.8) is 0 Å². The van der Waals surface area contributed by atoms with Gasteiger partial charge in [0.05, 0.1) is 12.1 Å². The number of hydrazine groups is 1. The predicted octanol–water partition coefficient (Wildman–Crippen LogP) is 3.99. The summed E-state index contributed by atoms with van der Waals surface area (Å²) in [6, 6.07) is 13.7. The summed E-state index contributed by atoms with van der Waals surface area (Å²) >= 11 is 6.10. The molecule has 21 heavy (non-hydrogen) atoms. The van der Waals surface area contributed by atoms with Gasteiger partial charge in [-0.1, -0.05) is 41.9 Å². The van der Waals surface area contributed by atoms with Crippen molar-refractivity contribution in [3.05, 3.63) is 64.2 Å². The minimum Gasteiger partial charge on any atom is -0.491 e. The summed E-state index contributed by atoms with van der Waals surface area (Å²) in [4.78, 5) is 0. The maximum atomic E-state index is 6.10. The van der Waals surface area contributed by atoms with Gasteiger partial charge in [0.25, 0.3) is 0 Å². The zero-order chi connectivity index (χ0) is 15.4. The Morgan fingerprint density at radius 1 is 1.14 bits per heavy atom. The van der Waals surface area contributed by atoms with Gasteiger partial charge in [-0.15, -0.1) is 0 Å². The highest BCUT2D eigenvalue weighted by molar-refractivity contribution is 6.31. The van der Waals surface area contributed by atoms with Crippen LogP contribution in [0.2, 0.25) is 5.02 Å². The number of hydrogen-bond donors (Lipinski definition) is 2. The third-order valence-corrected chi connectivity index (χ3v) is 3.70. The molecule has 0 aliphatic carbocycles. The summed E-state index contributed by atoms with van der Waals surface area (Å²) in [5.41, 5.74) is 5.96. The van der Waals surface area contributed by atoms with Crippen LogP contribution in [0.4, 0.5) is 0 Å². The van der Waals surface area contributed by atoms with Gasteiger partial charge in [-0.2, -0.15) is 0 Å². The molecule has 0 aliphatic rings. The highest BCUT2D eigenvalue weighted by Gasteiger charge is 2.18. The van der Waals surface area contributed by atoms with Gasteiger partial charge in [-0.05, 0) is 44.0 Å². The predicted molar refractivity (Wildman–Crippen MR) is 87.6 cm³/mol. The summed E-state index contributed by atoms with van der Waals surface area (Å²) in [7, 11) is 0. The Morgan fingerprint density at radius 3 is 2.48 bits per heavy atom. The molecule has 0 bridgehead atoms. The molecule has 3 nitrogen and oxygen atoms in total. The van der Waals surface area contributed by atoms with Crippen molar-refractivity contribution in [2.45, 2.75) is 32.9 Å². The molecule has 0 aliphatic heterocycles. The zero-order valence-electron chi connectivity index (χ0n) is 12.6. The van der Waals surface area contributed by atoms with Gasteiger partial charge in [-0.25, -0.2) is 5.43 Å². The van der Waals surface area contributed by atoms with Gasteiger partial charge in [0.2, 0.25) is 0 Å². The summed E-state index contributed by atoms with van der Waals surface area (Å²) in [5.74, 6) is 6.62. The molecule has 2 rings (SSSR count). The molecule has 0 aromatic heterocycles. The van der Waals surface area contributed by atoms with E-state index in [-0.39, 0.29) is 12.1 Å². The minimum atomic E-state index is -0.143. The first-order valence-corrected chi connectivity index (χ1v) is 7.38. The highest BCUT2D eigenvalue weighted by atomic mass is 35.5. The molecule has 4 heteroatoms. The Hall–Kier alpha value is -1.55. The Bertz CT molecular complexity index is 613. The van der Waals surface area contributed by atoms with E-state index in [2.05, 4.69) is 5.43 Å². The zero-order valence-corrected chi connectivity index (χ0v) is 13.3. The Morgan fingerprint density at radius 2 is 1.86 bits per heavy atom. The van der Waals surface area contributed by atoms with E-state index in [9.17, 15) is 0 Å². The van der Waals surface area contributed by atoms with Crippen LogP contribution in [0.1, 0.15) is 36.6 Å². The van der Waals surface area contributed by atoms with Crippen molar-refractivity contribution in [1.82, 2.24) is 5.43 Å². The van der Waals surface area contributed by atoms with Crippen molar-refractivity contribution in [1.29, 1.82) is 0 Å². The second-order valence-electron chi connectivity index (χ2n) is 5.31. The summed E-state index contributed by atoms with van der Waals surface area (Å²) in [6.07, 6.45) is 0.108. The van der Waals surface area contributed by atoms with E-state index >= 15 is 0 Å². The van der Waals surface area contributed by atoms with Gasteiger partial charge >= 0.3 is 0 Å². The SMILES string of the molecule is Cc1cc(C(NN)c2ccccc2OC(C)C)ccc1Cl. The van der Waals surface area contributed by atoms with E-state index in [0.29, 0.717) is 0 Å². The van der Waals surface area contributed by atoms with Crippen molar-refractivity contribution >= 4 is 11.6 Å². The van der Waals surface area contributed by atoms with E-state index in [1.54, 1.807) is 0 Å². The lowest BCUT2D eigenvalue weighted by Crippen LogP contribution is -2.29. The van der Waals surface area contributed by atoms with Gasteiger partial charge in [0.15, 0.2) is 0 Å². The second kappa shape index (κ2) is 6.94. The molecule has 1 atom stereocenters. The largest absolute Gasteiger partial charge is 0.491 e. The molecule has 2 aromatic carbocycles. The Labute approximate surface area is 131 Å². The molecular formula is C17H21ClN2O. The first kappa shape index (κ1) is 15.8. The van der Waals surface area contributed by atoms with E-state index in [4.69, 9.17) is 22.2 Å². The first-order chi connectivity index (χ1) is 10.0. The number of ether oxygens (including phenoxy) is 1. The molecule has 1 unspecified atom stereocenters. The van der Waals surface area contributed by atoms with Crippen molar-refractivity contribution in [2.24, 2.45) is 5.84 Å². The quantitative estimate of drug-likeness (QED) is 0.648. The minimum absolute atomic E-state index is 0.108. The average Bonchev–Trinajstić information content (AvgIpc) is 2.44. The van der Waals surface area contributed by atoms with E-state index in [0.717, 1.165) is 27.5 Å². The Kier molecular flexibility index (Phi) is 5.23. The number of aryl methyl sites for hydroxylation is 1. The Balaban J connectivity index is 2.43. The highest BCUT2D eigenvalue weighted by Crippen LogP contribution is 2.31. The normalized spacial score (nSPS) is 12.5. The van der Waals surface area contributed by atoms with Crippen LogP contribution in [0, 0.1) is 6.92 Å². The number of nitrogens with one attached hydrogen (secondary N) is 1. The maximum Gasteiger partial charge on any atom is 0.124 e. The lowest BCUT2D eigenvalue weighted by atomic mass is 9.97. The van der Waals surface area contributed by atoms with Gasteiger partial charge in [-0.3, -0.25) is 5.84 Å². The molecule has 0 saturated heterocycles. The average molecular weight is 305 g/mol. The van der Waals surface area contributed by atoms with Gasteiger partial charge in [0.1, 0.15) is 5.75 Å². The lowest BCUT2D eigenvalue weighted by Gasteiger charge is -2.22. The third kappa shape index (κ3) is 3.76. The van der Waals surface area contributed by atoms with Crippen molar-refractivity contribution in [3.8, 4) is 5.75 Å². The first-order valence-electron chi connectivity index (χ1n) is 7.00. The van der Waals surface area contributed by atoms with Gasteiger partial charge in [0, 0.05) is 10.6 Å². The number of nitrogens with two attached hydrogens (primary N) is 1. The number of halogens is 1. The standard InChI is InChI=1S/C17H21ClN2O/c1-11(2)21-16-7-5-4-6-14(16)17(20-19)13-8-9-15(18)12(3)10-13/h4-11,17,20H,19H2,1-3H3. The molecule has 0 radical (unpaired) electrons. The molecule has 0 fully saturated rings. The molecule has 0 saturated carbocycles. The van der Waals surface area contributed by atoms with Gasteiger partial charge < -0.3 is 4.74 Å². The molecule has 0 amide bonds. The fraction of sp³-hybridized carbons (Fsp3) is 0.294. The van der Waals surface area contributed by atoms with E-state index < -0.39 is 0 Å². The molecule has 2 aromatic rings. The smallest absolute Gasteiger partial charge is 0.124 e. The summed E-state index contributed by atoms with van der Waals surface area (Å²) in [5, 5.41) is 0.751. The van der Waals surface area contributed by atoms with Crippen LogP contribution >= 0.6 is 11.6 Å². The molecule has 0 heterocycles. The van der Waals surface area contributed by atoms with E-state index in [1.807, 2.05) is 63.2 Å². The summed E-state index contributed by atoms with van der Waals surface area (Å²) < 4.78 is 5.88.